The Bertz CT molecular complexity index is 809. The molecule has 2 rings (SSSR count). The SMILES string of the molecule is Cc1cccc(C(=O)OCC(=O)Nc2nc(C)c(Cl)cc2Cl)c1O. The Hall–Kier alpha value is -2.31. The maximum absolute atomic E-state index is 11.9. The molecule has 2 aromatic rings. The lowest BCUT2D eigenvalue weighted by molar-refractivity contribution is -0.119. The molecule has 1 aromatic heterocycles. The van der Waals surface area contributed by atoms with Gasteiger partial charge in [0.15, 0.2) is 12.4 Å². The summed E-state index contributed by atoms with van der Waals surface area (Å²) >= 11 is 11.8. The summed E-state index contributed by atoms with van der Waals surface area (Å²) in [6.07, 6.45) is 0. The number of esters is 1. The van der Waals surface area contributed by atoms with Gasteiger partial charge in [0.25, 0.3) is 5.91 Å². The van der Waals surface area contributed by atoms with Crippen molar-refractivity contribution in [2.24, 2.45) is 0 Å². The summed E-state index contributed by atoms with van der Waals surface area (Å²) in [5.41, 5.74) is 1.01. The van der Waals surface area contributed by atoms with Crippen molar-refractivity contribution in [3.8, 4) is 5.75 Å². The standard InChI is InChI=1S/C16H14Cl2N2O4/c1-8-4-3-5-10(14(8)22)16(23)24-7-13(21)20-15-12(18)6-11(17)9(2)19-15/h3-6,22H,7H2,1-2H3,(H,19,20,21). The molecule has 0 fully saturated rings. The van der Waals surface area contributed by atoms with Gasteiger partial charge in [-0.1, -0.05) is 35.3 Å². The first-order chi connectivity index (χ1) is 11.3. The first kappa shape index (κ1) is 18.0. The topological polar surface area (TPSA) is 88.5 Å². The Morgan fingerprint density at radius 3 is 2.67 bits per heavy atom. The van der Waals surface area contributed by atoms with Gasteiger partial charge in [-0.2, -0.15) is 0 Å². The molecule has 24 heavy (non-hydrogen) atoms. The second kappa shape index (κ2) is 7.51. The average molecular weight is 369 g/mol. The molecule has 2 N–H and O–H groups in total. The van der Waals surface area contributed by atoms with Gasteiger partial charge < -0.3 is 15.2 Å². The van der Waals surface area contributed by atoms with E-state index < -0.39 is 18.5 Å². The molecule has 0 aliphatic heterocycles. The monoisotopic (exact) mass is 368 g/mol. The van der Waals surface area contributed by atoms with E-state index in [1.807, 2.05) is 0 Å². The number of phenols is 1. The van der Waals surface area contributed by atoms with E-state index in [1.165, 1.54) is 12.1 Å². The molecule has 0 saturated heterocycles. The first-order valence-electron chi connectivity index (χ1n) is 6.87. The van der Waals surface area contributed by atoms with Crippen LogP contribution in [0.3, 0.4) is 0 Å². The van der Waals surface area contributed by atoms with E-state index in [-0.39, 0.29) is 22.2 Å². The quantitative estimate of drug-likeness (QED) is 0.806. The van der Waals surface area contributed by atoms with Crippen LogP contribution in [0.4, 0.5) is 5.82 Å². The van der Waals surface area contributed by atoms with Crippen molar-refractivity contribution >= 4 is 40.9 Å². The number of carbonyl (C=O) groups is 2. The number of aryl methyl sites for hydroxylation is 2. The van der Waals surface area contributed by atoms with Gasteiger partial charge in [-0.15, -0.1) is 0 Å². The van der Waals surface area contributed by atoms with Crippen molar-refractivity contribution in [1.29, 1.82) is 0 Å². The highest BCUT2D eigenvalue weighted by atomic mass is 35.5. The third kappa shape index (κ3) is 4.15. The Morgan fingerprint density at radius 2 is 1.96 bits per heavy atom. The lowest BCUT2D eigenvalue weighted by Crippen LogP contribution is -2.22. The van der Waals surface area contributed by atoms with E-state index >= 15 is 0 Å². The van der Waals surface area contributed by atoms with Gasteiger partial charge >= 0.3 is 5.97 Å². The maximum Gasteiger partial charge on any atom is 0.342 e. The summed E-state index contributed by atoms with van der Waals surface area (Å²) in [5.74, 6) is -1.48. The maximum atomic E-state index is 11.9. The summed E-state index contributed by atoms with van der Waals surface area (Å²) in [5, 5.41) is 12.8. The number of halogens is 2. The van der Waals surface area contributed by atoms with Crippen molar-refractivity contribution in [3.63, 3.8) is 0 Å². The second-order valence-electron chi connectivity index (χ2n) is 4.98. The summed E-state index contributed by atoms with van der Waals surface area (Å²) in [7, 11) is 0. The second-order valence-corrected chi connectivity index (χ2v) is 5.80. The predicted molar refractivity (Wildman–Crippen MR) is 90.8 cm³/mol. The van der Waals surface area contributed by atoms with Crippen molar-refractivity contribution in [1.82, 2.24) is 4.98 Å². The smallest absolute Gasteiger partial charge is 0.342 e. The number of nitrogens with zero attached hydrogens (tertiary/aromatic N) is 1. The number of hydrogen-bond acceptors (Lipinski definition) is 5. The first-order valence-corrected chi connectivity index (χ1v) is 7.63. The van der Waals surface area contributed by atoms with Crippen molar-refractivity contribution < 1.29 is 19.4 Å². The van der Waals surface area contributed by atoms with E-state index in [2.05, 4.69) is 10.3 Å². The van der Waals surface area contributed by atoms with Gasteiger partial charge in [-0.05, 0) is 31.5 Å². The number of benzene rings is 1. The van der Waals surface area contributed by atoms with Crippen LogP contribution in [0.15, 0.2) is 24.3 Å². The molecule has 0 aliphatic carbocycles. The fourth-order valence-corrected chi connectivity index (χ4v) is 2.25. The zero-order valence-electron chi connectivity index (χ0n) is 12.9. The molecule has 1 amide bonds. The van der Waals surface area contributed by atoms with Crippen molar-refractivity contribution in [3.05, 3.63) is 51.1 Å². The van der Waals surface area contributed by atoms with Gasteiger partial charge in [0, 0.05) is 0 Å². The zero-order chi connectivity index (χ0) is 17.9. The molecule has 0 atom stereocenters. The van der Waals surface area contributed by atoms with E-state index in [4.69, 9.17) is 27.9 Å². The third-order valence-corrected chi connectivity index (χ3v) is 3.83. The van der Waals surface area contributed by atoms with E-state index in [1.54, 1.807) is 26.0 Å². The Balaban J connectivity index is 2.00. The van der Waals surface area contributed by atoms with Crippen molar-refractivity contribution in [2.45, 2.75) is 13.8 Å². The van der Waals surface area contributed by atoms with Crippen LogP contribution in [0.5, 0.6) is 5.75 Å². The highest BCUT2D eigenvalue weighted by Crippen LogP contribution is 2.25. The van der Waals surface area contributed by atoms with Gasteiger partial charge in [-0.25, -0.2) is 9.78 Å². The van der Waals surface area contributed by atoms with Gasteiger partial charge in [0.1, 0.15) is 11.3 Å². The average Bonchev–Trinajstić information content (AvgIpc) is 2.53. The van der Waals surface area contributed by atoms with E-state index in [0.717, 1.165) is 0 Å². The molecule has 1 heterocycles. The van der Waals surface area contributed by atoms with Crippen LogP contribution in [-0.4, -0.2) is 28.6 Å². The number of rotatable bonds is 4. The normalized spacial score (nSPS) is 10.3. The number of carbonyl (C=O) groups excluding carboxylic acids is 2. The lowest BCUT2D eigenvalue weighted by Gasteiger charge is -2.10. The number of nitrogens with one attached hydrogen (secondary N) is 1. The highest BCUT2D eigenvalue weighted by Gasteiger charge is 2.16. The summed E-state index contributed by atoms with van der Waals surface area (Å²) in [6.45, 7) is 2.76. The number of anilines is 1. The Kier molecular flexibility index (Phi) is 5.64. The largest absolute Gasteiger partial charge is 0.507 e. The molecule has 0 radical (unpaired) electrons. The molecule has 0 spiro atoms. The highest BCUT2D eigenvalue weighted by molar-refractivity contribution is 6.36. The Morgan fingerprint density at radius 1 is 1.25 bits per heavy atom. The number of amides is 1. The number of pyridine rings is 1. The molecule has 8 heteroatoms. The van der Waals surface area contributed by atoms with E-state index in [9.17, 15) is 14.7 Å². The number of ether oxygens (including phenoxy) is 1. The fraction of sp³-hybridized carbons (Fsp3) is 0.188. The molecule has 1 aromatic carbocycles. The predicted octanol–water partition coefficient (Wildman–Crippen LogP) is 3.51. The number of para-hydroxylation sites is 1. The Labute approximate surface area is 148 Å². The summed E-state index contributed by atoms with van der Waals surface area (Å²) < 4.78 is 4.88. The molecule has 6 nitrogen and oxygen atoms in total. The van der Waals surface area contributed by atoms with Crippen LogP contribution in [0.25, 0.3) is 0 Å². The fourth-order valence-electron chi connectivity index (χ4n) is 1.85. The van der Waals surface area contributed by atoms with Crippen LogP contribution >= 0.6 is 23.2 Å². The van der Waals surface area contributed by atoms with Gasteiger partial charge in [-0.3, -0.25) is 4.79 Å². The number of aromatic nitrogens is 1. The minimum atomic E-state index is -0.808. The number of phenolic OH excluding ortho intramolecular Hbond substituents is 1. The van der Waals surface area contributed by atoms with Crippen LogP contribution in [0.2, 0.25) is 10.0 Å². The molecule has 0 unspecified atom stereocenters. The lowest BCUT2D eigenvalue weighted by atomic mass is 10.1. The third-order valence-electron chi connectivity index (χ3n) is 3.15. The zero-order valence-corrected chi connectivity index (χ0v) is 14.4. The summed E-state index contributed by atoms with van der Waals surface area (Å²) in [4.78, 5) is 27.8. The van der Waals surface area contributed by atoms with Crippen LogP contribution < -0.4 is 5.32 Å². The minimum absolute atomic E-state index is 0.0127. The molecule has 0 saturated carbocycles. The minimum Gasteiger partial charge on any atom is -0.507 e. The molecule has 0 aliphatic rings. The van der Waals surface area contributed by atoms with Crippen LogP contribution in [0.1, 0.15) is 21.6 Å². The van der Waals surface area contributed by atoms with Gasteiger partial charge in [0.05, 0.1) is 15.7 Å². The molecular formula is C16H14Cl2N2O4. The summed E-state index contributed by atoms with van der Waals surface area (Å²) in [6, 6.07) is 6.11. The van der Waals surface area contributed by atoms with Crippen LogP contribution in [0, 0.1) is 13.8 Å². The van der Waals surface area contributed by atoms with Gasteiger partial charge in [0.2, 0.25) is 0 Å². The van der Waals surface area contributed by atoms with Crippen LogP contribution in [-0.2, 0) is 9.53 Å². The van der Waals surface area contributed by atoms with E-state index in [0.29, 0.717) is 16.3 Å². The number of aromatic hydroxyl groups is 1. The number of hydrogen-bond donors (Lipinski definition) is 2. The molecular weight excluding hydrogens is 355 g/mol. The molecule has 0 bridgehead atoms. The molecule has 126 valence electrons. The van der Waals surface area contributed by atoms with Crippen molar-refractivity contribution in [2.75, 3.05) is 11.9 Å².